The van der Waals surface area contributed by atoms with Crippen LogP contribution in [-0.2, 0) is 10.0 Å². The van der Waals surface area contributed by atoms with Crippen molar-refractivity contribution in [3.8, 4) is 0 Å². The number of benzene rings is 2. The predicted molar refractivity (Wildman–Crippen MR) is 80.8 cm³/mol. The quantitative estimate of drug-likeness (QED) is 0.901. The zero-order chi connectivity index (χ0) is 14.9. The van der Waals surface area contributed by atoms with Crippen LogP contribution in [0.5, 0.6) is 0 Å². The summed E-state index contributed by atoms with van der Waals surface area (Å²) in [4.78, 5) is 0.117. The van der Waals surface area contributed by atoms with Crippen LogP contribution < -0.4 is 4.72 Å². The number of halogens is 2. The fourth-order valence-electron chi connectivity index (χ4n) is 1.77. The SMILES string of the molecule is Cc1ccc(NS(=O)(=O)c2cc(Br)ccc2C)c(F)c1. The molecule has 0 heterocycles. The number of hydrogen-bond acceptors (Lipinski definition) is 2. The van der Waals surface area contributed by atoms with E-state index >= 15 is 0 Å². The van der Waals surface area contributed by atoms with Gasteiger partial charge in [-0.3, -0.25) is 4.72 Å². The molecule has 6 heteroatoms. The fraction of sp³-hybridized carbons (Fsp3) is 0.143. The molecule has 1 N–H and O–H groups in total. The van der Waals surface area contributed by atoms with E-state index in [-0.39, 0.29) is 10.6 Å². The van der Waals surface area contributed by atoms with E-state index in [0.29, 0.717) is 10.0 Å². The summed E-state index contributed by atoms with van der Waals surface area (Å²) in [6.07, 6.45) is 0. The average molecular weight is 358 g/mol. The van der Waals surface area contributed by atoms with Crippen LogP contribution in [0, 0.1) is 19.7 Å². The standard InChI is InChI=1S/C14H13BrFNO2S/c1-9-3-6-13(12(16)7-9)17-20(18,19)14-8-11(15)5-4-10(14)2/h3-8,17H,1-2H3. The van der Waals surface area contributed by atoms with Crippen molar-refractivity contribution in [2.75, 3.05) is 4.72 Å². The van der Waals surface area contributed by atoms with Crippen LogP contribution in [0.1, 0.15) is 11.1 Å². The summed E-state index contributed by atoms with van der Waals surface area (Å²) in [6, 6.07) is 9.27. The Morgan fingerprint density at radius 2 is 1.80 bits per heavy atom. The van der Waals surface area contributed by atoms with Crippen molar-refractivity contribution in [2.24, 2.45) is 0 Å². The molecule has 0 amide bonds. The Hall–Kier alpha value is -1.40. The van der Waals surface area contributed by atoms with Gasteiger partial charge in [0, 0.05) is 4.47 Å². The highest BCUT2D eigenvalue weighted by Crippen LogP contribution is 2.24. The van der Waals surface area contributed by atoms with E-state index in [9.17, 15) is 12.8 Å². The van der Waals surface area contributed by atoms with Crippen molar-refractivity contribution >= 4 is 31.6 Å². The molecule has 2 aromatic rings. The van der Waals surface area contributed by atoms with Gasteiger partial charge in [-0.25, -0.2) is 12.8 Å². The van der Waals surface area contributed by atoms with Gasteiger partial charge in [-0.1, -0.05) is 28.1 Å². The Balaban J connectivity index is 2.43. The van der Waals surface area contributed by atoms with E-state index in [1.54, 1.807) is 32.0 Å². The largest absolute Gasteiger partial charge is 0.277 e. The Morgan fingerprint density at radius 3 is 2.45 bits per heavy atom. The number of anilines is 1. The lowest BCUT2D eigenvalue weighted by Crippen LogP contribution is -2.15. The van der Waals surface area contributed by atoms with E-state index < -0.39 is 15.8 Å². The van der Waals surface area contributed by atoms with Gasteiger partial charge in [-0.05, 0) is 49.2 Å². The van der Waals surface area contributed by atoms with Crippen LogP contribution in [-0.4, -0.2) is 8.42 Å². The maximum absolute atomic E-state index is 13.7. The highest BCUT2D eigenvalue weighted by Gasteiger charge is 2.18. The van der Waals surface area contributed by atoms with E-state index in [4.69, 9.17) is 0 Å². The smallest absolute Gasteiger partial charge is 0.262 e. The maximum Gasteiger partial charge on any atom is 0.262 e. The third kappa shape index (κ3) is 3.19. The number of rotatable bonds is 3. The molecule has 0 spiro atoms. The highest BCUT2D eigenvalue weighted by atomic mass is 79.9. The minimum Gasteiger partial charge on any atom is -0.277 e. The monoisotopic (exact) mass is 357 g/mol. The number of hydrogen-bond donors (Lipinski definition) is 1. The topological polar surface area (TPSA) is 46.2 Å². The molecule has 0 radical (unpaired) electrons. The first-order chi connectivity index (χ1) is 9.29. The lowest BCUT2D eigenvalue weighted by molar-refractivity contribution is 0.598. The van der Waals surface area contributed by atoms with Gasteiger partial charge in [0.25, 0.3) is 10.0 Å². The Kier molecular flexibility index (Phi) is 4.15. The van der Waals surface area contributed by atoms with E-state index in [1.807, 2.05) is 0 Å². The lowest BCUT2D eigenvalue weighted by atomic mass is 10.2. The molecule has 0 atom stereocenters. The molecule has 106 valence electrons. The average Bonchev–Trinajstić information content (AvgIpc) is 2.35. The predicted octanol–water partition coefficient (Wildman–Crippen LogP) is 4.01. The normalized spacial score (nSPS) is 11.4. The molecule has 0 aliphatic heterocycles. The number of sulfonamides is 1. The van der Waals surface area contributed by atoms with E-state index in [0.717, 1.165) is 5.56 Å². The van der Waals surface area contributed by atoms with Crippen LogP contribution in [0.2, 0.25) is 0 Å². The fourth-order valence-corrected chi connectivity index (χ4v) is 3.62. The van der Waals surface area contributed by atoms with Crippen molar-refractivity contribution in [1.82, 2.24) is 0 Å². The summed E-state index contributed by atoms with van der Waals surface area (Å²) in [6.45, 7) is 3.42. The molecule has 3 nitrogen and oxygen atoms in total. The van der Waals surface area contributed by atoms with Crippen molar-refractivity contribution in [1.29, 1.82) is 0 Å². The summed E-state index contributed by atoms with van der Waals surface area (Å²) in [5, 5.41) is 0. The molecule has 2 rings (SSSR count). The van der Waals surface area contributed by atoms with Crippen LogP contribution in [0.3, 0.4) is 0 Å². The minimum absolute atomic E-state index is 0.0602. The van der Waals surface area contributed by atoms with E-state index in [1.165, 1.54) is 18.2 Å². The lowest BCUT2D eigenvalue weighted by Gasteiger charge is -2.11. The van der Waals surface area contributed by atoms with Gasteiger partial charge in [0.1, 0.15) is 5.82 Å². The molecule has 0 unspecified atom stereocenters. The van der Waals surface area contributed by atoms with Crippen LogP contribution >= 0.6 is 15.9 Å². The zero-order valence-electron chi connectivity index (χ0n) is 10.9. The second kappa shape index (κ2) is 5.54. The van der Waals surface area contributed by atoms with Crippen molar-refractivity contribution in [3.63, 3.8) is 0 Å². The third-order valence-electron chi connectivity index (χ3n) is 2.81. The minimum atomic E-state index is -3.82. The summed E-state index contributed by atoms with van der Waals surface area (Å²) in [5.41, 5.74) is 1.26. The highest BCUT2D eigenvalue weighted by molar-refractivity contribution is 9.10. The summed E-state index contributed by atoms with van der Waals surface area (Å²) >= 11 is 3.23. The first-order valence-electron chi connectivity index (χ1n) is 5.85. The Morgan fingerprint density at radius 1 is 1.10 bits per heavy atom. The summed E-state index contributed by atoms with van der Waals surface area (Å²) in [5.74, 6) is -0.596. The third-order valence-corrected chi connectivity index (χ3v) is 4.81. The Labute approximate surface area is 126 Å². The molecule has 2 aromatic carbocycles. The molecular formula is C14H13BrFNO2S. The molecule has 0 aliphatic carbocycles. The number of nitrogens with one attached hydrogen (secondary N) is 1. The molecule has 0 bridgehead atoms. The second-order valence-electron chi connectivity index (χ2n) is 4.50. The van der Waals surface area contributed by atoms with Crippen molar-refractivity contribution < 1.29 is 12.8 Å². The van der Waals surface area contributed by atoms with Crippen molar-refractivity contribution in [2.45, 2.75) is 18.7 Å². The molecule has 0 aliphatic rings. The second-order valence-corrected chi connectivity index (χ2v) is 7.07. The molecular weight excluding hydrogens is 345 g/mol. The van der Waals surface area contributed by atoms with Gasteiger partial charge >= 0.3 is 0 Å². The molecule has 0 aromatic heterocycles. The molecule has 0 fully saturated rings. The van der Waals surface area contributed by atoms with Gasteiger partial charge in [0.05, 0.1) is 10.6 Å². The van der Waals surface area contributed by atoms with Gasteiger partial charge < -0.3 is 0 Å². The summed E-state index contributed by atoms with van der Waals surface area (Å²) in [7, 11) is -3.82. The first-order valence-corrected chi connectivity index (χ1v) is 8.12. The van der Waals surface area contributed by atoms with Gasteiger partial charge in [0.15, 0.2) is 0 Å². The maximum atomic E-state index is 13.7. The van der Waals surface area contributed by atoms with Crippen LogP contribution in [0.4, 0.5) is 10.1 Å². The van der Waals surface area contributed by atoms with E-state index in [2.05, 4.69) is 20.7 Å². The van der Waals surface area contributed by atoms with Gasteiger partial charge in [0.2, 0.25) is 0 Å². The van der Waals surface area contributed by atoms with Gasteiger partial charge in [-0.2, -0.15) is 0 Å². The zero-order valence-corrected chi connectivity index (χ0v) is 13.3. The summed E-state index contributed by atoms with van der Waals surface area (Å²) < 4.78 is 41.3. The Bertz CT molecular complexity index is 760. The van der Waals surface area contributed by atoms with Gasteiger partial charge in [-0.15, -0.1) is 0 Å². The first kappa shape index (κ1) is 15.0. The molecule has 20 heavy (non-hydrogen) atoms. The molecule has 0 saturated heterocycles. The van der Waals surface area contributed by atoms with Crippen molar-refractivity contribution in [3.05, 3.63) is 57.8 Å². The van der Waals surface area contributed by atoms with Crippen LogP contribution in [0.25, 0.3) is 0 Å². The molecule has 0 saturated carbocycles. The van der Waals surface area contributed by atoms with Crippen LogP contribution in [0.15, 0.2) is 45.8 Å². The number of aryl methyl sites for hydroxylation is 2.